The lowest BCUT2D eigenvalue weighted by atomic mass is 9.92. The molecule has 0 aromatic heterocycles. The van der Waals surface area contributed by atoms with Gasteiger partial charge in [0.2, 0.25) is 0 Å². The van der Waals surface area contributed by atoms with Gasteiger partial charge < -0.3 is 10.1 Å². The smallest absolute Gasteiger partial charge is 0.417 e. The summed E-state index contributed by atoms with van der Waals surface area (Å²) in [5.74, 6) is 0.329. The van der Waals surface area contributed by atoms with Crippen molar-refractivity contribution in [2.75, 3.05) is 0 Å². The maximum absolute atomic E-state index is 12.8. The minimum absolute atomic E-state index is 0.0107. The van der Waals surface area contributed by atoms with Gasteiger partial charge in [-0.1, -0.05) is 13.8 Å². The number of ether oxygens (including phenoxy) is 1. The second-order valence-electron chi connectivity index (χ2n) is 6.23. The average Bonchev–Trinajstić information content (AvgIpc) is 2.47. The molecule has 0 unspecified atom stereocenters. The molecule has 6 heteroatoms. The lowest BCUT2D eigenvalue weighted by Crippen LogP contribution is -2.39. The number of hydrogen-bond acceptors (Lipinski definition) is 3. The molecule has 0 bridgehead atoms. The Morgan fingerprint density at radius 3 is 2.39 bits per heavy atom. The highest BCUT2D eigenvalue weighted by Gasteiger charge is 2.34. The molecule has 1 saturated carbocycles. The maximum Gasteiger partial charge on any atom is 0.417 e. The van der Waals surface area contributed by atoms with Gasteiger partial charge in [-0.2, -0.15) is 18.4 Å². The second kappa shape index (κ2) is 7.22. The first-order valence-corrected chi connectivity index (χ1v) is 7.83. The number of nitrogens with zero attached hydrogens (tertiary/aromatic N) is 1. The van der Waals surface area contributed by atoms with Crippen LogP contribution in [-0.2, 0) is 6.18 Å². The topological polar surface area (TPSA) is 45.0 Å². The van der Waals surface area contributed by atoms with Crippen molar-refractivity contribution in [2.45, 2.75) is 63.9 Å². The first kappa shape index (κ1) is 17.6. The molecule has 0 heterocycles. The molecule has 0 spiro atoms. The monoisotopic (exact) mass is 326 g/mol. The van der Waals surface area contributed by atoms with E-state index in [1.807, 2.05) is 0 Å². The van der Waals surface area contributed by atoms with Crippen LogP contribution in [0.15, 0.2) is 18.2 Å². The predicted molar refractivity (Wildman–Crippen MR) is 81.1 cm³/mol. The highest BCUT2D eigenvalue weighted by molar-refractivity contribution is 5.44. The molecule has 0 amide bonds. The summed E-state index contributed by atoms with van der Waals surface area (Å²) in [5, 5.41) is 12.4. The van der Waals surface area contributed by atoms with Crippen LogP contribution in [0.3, 0.4) is 0 Å². The molecule has 1 aliphatic carbocycles. The highest BCUT2D eigenvalue weighted by Crippen LogP contribution is 2.34. The van der Waals surface area contributed by atoms with Crippen LogP contribution >= 0.6 is 0 Å². The second-order valence-corrected chi connectivity index (χ2v) is 6.23. The Balaban J connectivity index is 1.98. The van der Waals surface area contributed by atoms with E-state index in [0.29, 0.717) is 17.8 Å². The Morgan fingerprint density at radius 2 is 1.87 bits per heavy atom. The summed E-state index contributed by atoms with van der Waals surface area (Å²) in [6, 6.07) is 5.90. The summed E-state index contributed by atoms with van der Waals surface area (Å²) in [7, 11) is 0. The Kier molecular flexibility index (Phi) is 5.53. The third-order valence-electron chi connectivity index (χ3n) is 3.96. The number of nitriles is 1. The molecule has 23 heavy (non-hydrogen) atoms. The summed E-state index contributed by atoms with van der Waals surface area (Å²) < 4.78 is 44.1. The van der Waals surface area contributed by atoms with Gasteiger partial charge in [-0.05, 0) is 43.9 Å². The molecule has 0 saturated heterocycles. The molecule has 1 aromatic carbocycles. The molecule has 1 N–H and O–H groups in total. The van der Waals surface area contributed by atoms with E-state index in [4.69, 9.17) is 10.00 Å². The van der Waals surface area contributed by atoms with E-state index in [9.17, 15) is 13.2 Å². The van der Waals surface area contributed by atoms with E-state index in [1.165, 1.54) is 12.1 Å². The summed E-state index contributed by atoms with van der Waals surface area (Å²) in [4.78, 5) is 0. The number of nitrogens with one attached hydrogen (secondary N) is 1. The SMILES string of the molecule is CC(C)NC1CCC(Oc2ccc(C(F)(F)F)c(C#N)c2)CC1. The molecule has 1 fully saturated rings. The van der Waals surface area contributed by atoms with Crippen molar-refractivity contribution in [3.8, 4) is 11.8 Å². The molecule has 0 aliphatic heterocycles. The van der Waals surface area contributed by atoms with Crippen LogP contribution in [0.4, 0.5) is 13.2 Å². The van der Waals surface area contributed by atoms with Crippen molar-refractivity contribution in [3.05, 3.63) is 29.3 Å². The lowest BCUT2D eigenvalue weighted by Gasteiger charge is -2.30. The van der Waals surface area contributed by atoms with Crippen LogP contribution in [0.5, 0.6) is 5.75 Å². The molecular weight excluding hydrogens is 305 g/mol. The van der Waals surface area contributed by atoms with Crippen molar-refractivity contribution in [3.63, 3.8) is 0 Å². The molecule has 3 nitrogen and oxygen atoms in total. The summed E-state index contributed by atoms with van der Waals surface area (Å²) >= 11 is 0. The molecular formula is C17H21F3N2O. The van der Waals surface area contributed by atoms with Crippen LogP contribution in [0.25, 0.3) is 0 Å². The molecule has 126 valence electrons. The van der Waals surface area contributed by atoms with E-state index in [2.05, 4.69) is 19.2 Å². The Labute approximate surface area is 134 Å². The zero-order valence-electron chi connectivity index (χ0n) is 13.3. The Morgan fingerprint density at radius 1 is 1.22 bits per heavy atom. The Bertz CT molecular complexity index is 570. The van der Waals surface area contributed by atoms with Crippen LogP contribution < -0.4 is 10.1 Å². The largest absolute Gasteiger partial charge is 0.490 e. The van der Waals surface area contributed by atoms with E-state index in [-0.39, 0.29) is 6.10 Å². The van der Waals surface area contributed by atoms with Crippen molar-refractivity contribution in [1.82, 2.24) is 5.32 Å². The number of halogens is 3. The van der Waals surface area contributed by atoms with E-state index < -0.39 is 17.3 Å². The van der Waals surface area contributed by atoms with Crippen molar-refractivity contribution < 1.29 is 17.9 Å². The third-order valence-corrected chi connectivity index (χ3v) is 3.96. The van der Waals surface area contributed by atoms with Crippen LogP contribution in [-0.4, -0.2) is 18.2 Å². The number of alkyl halides is 3. The summed E-state index contributed by atoms with van der Waals surface area (Å²) in [6.07, 6.45) is -0.864. The maximum atomic E-state index is 12.8. The van der Waals surface area contributed by atoms with Gasteiger partial charge in [0.15, 0.2) is 0 Å². The van der Waals surface area contributed by atoms with Crippen LogP contribution in [0, 0.1) is 11.3 Å². The van der Waals surface area contributed by atoms with Gasteiger partial charge in [0.25, 0.3) is 0 Å². The fourth-order valence-corrected chi connectivity index (χ4v) is 2.95. The normalized spacial score (nSPS) is 22.0. The number of hydrogen-bond donors (Lipinski definition) is 1. The zero-order valence-corrected chi connectivity index (χ0v) is 13.3. The average molecular weight is 326 g/mol. The van der Waals surface area contributed by atoms with Crippen LogP contribution in [0.1, 0.15) is 50.7 Å². The van der Waals surface area contributed by atoms with E-state index >= 15 is 0 Å². The van der Waals surface area contributed by atoms with Gasteiger partial charge in [0, 0.05) is 12.1 Å². The van der Waals surface area contributed by atoms with E-state index in [0.717, 1.165) is 31.7 Å². The highest BCUT2D eigenvalue weighted by atomic mass is 19.4. The third kappa shape index (κ3) is 4.87. The molecule has 2 rings (SSSR count). The fourth-order valence-electron chi connectivity index (χ4n) is 2.95. The molecule has 0 atom stereocenters. The number of benzene rings is 1. The van der Waals surface area contributed by atoms with Gasteiger partial charge in [-0.15, -0.1) is 0 Å². The minimum atomic E-state index is -4.52. The van der Waals surface area contributed by atoms with E-state index in [1.54, 1.807) is 6.07 Å². The fraction of sp³-hybridized carbons (Fsp3) is 0.588. The quantitative estimate of drug-likeness (QED) is 0.899. The lowest BCUT2D eigenvalue weighted by molar-refractivity contribution is -0.137. The molecule has 1 aliphatic rings. The van der Waals surface area contributed by atoms with Crippen molar-refractivity contribution >= 4 is 0 Å². The van der Waals surface area contributed by atoms with Gasteiger partial charge >= 0.3 is 6.18 Å². The van der Waals surface area contributed by atoms with Gasteiger partial charge in [0.05, 0.1) is 23.3 Å². The van der Waals surface area contributed by atoms with Crippen molar-refractivity contribution in [1.29, 1.82) is 5.26 Å². The number of rotatable bonds is 4. The Hall–Kier alpha value is -1.74. The van der Waals surface area contributed by atoms with Gasteiger partial charge in [-0.3, -0.25) is 0 Å². The first-order chi connectivity index (χ1) is 10.8. The van der Waals surface area contributed by atoms with Gasteiger partial charge in [0.1, 0.15) is 5.75 Å². The summed E-state index contributed by atoms with van der Waals surface area (Å²) in [6.45, 7) is 4.21. The molecule has 1 aromatic rings. The standard InChI is InChI=1S/C17H21F3N2O/c1-11(2)22-13-3-5-14(6-4-13)23-15-7-8-16(17(18,19)20)12(9-15)10-21/h7-9,11,13-14,22H,3-6H2,1-2H3. The molecule has 0 radical (unpaired) electrons. The van der Waals surface area contributed by atoms with Gasteiger partial charge in [-0.25, -0.2) is 0 Å². The van der Waals surface area contributed by atoms with Crippen LogP contribution in [0.2, 0.25) is 0 Å². The minimum Gasteiger partial charge on any atom is -0.490 e. The zero-order chi connectivity index (χ0) is 17.0. The first-order valence-electron chi connectivity index (χ1n) is 7.83. The van der Waals surface area contributed by atoms with Crippen molar-refractivity contribution in [2.24, 2.45) is 0 Å². The predicted octanol–water partition coefficient (Wildman–Crippen LogP) is 4.27. The summed E-state index contributed by atoms with van der Waals surface area (Å²) in [5.41, 5.74) is -1.32.